The molecule has 0 aliphatic heterocycles. The van der Waals surface area contributed by atoms with Crippen LogP contribution in [0.4, 0.5) is 0 Å². The molecule has 0 radical (unpaired) electrons. The zero-order valence-corrected chi connectivity index (χ0v) is 8.79. The first kappa shape index (κ1) is 8.64. The average molecular weight is 198 g/mol. The summed E-state index contributed by atoms with van der Waals surface area (Å²) < 4.78 is 1.50. The summed E-state index contributed by atoms with van der Waals surface area (Å²) in [6.07, 6.45) is 7.22. The zero-order valence-electron chi connectivity index (χ0n) is 7.16. The molecule has 1 aromatic heterocycles. The lowest BCUT2D eigenvalue weighted by Crippen LogP contribution is -2.06. The fraction of sp³-hybridized carbons (Fsp3) is 0.600. The quantitative estimate of drug-likeness (QED) is 0.687. The first-order valence-electron chi connectivity index (χ1n) is 4.65. The van der Waals surface area contributed by atoms with E-state index in [0.29, 0.717) is 0 Å². The Morgan fingerprint density at radius 1 is 1.25 bits per heavy atom. The molecule has 0 atom stereocenters. The van der Waals surface area contributed by atoms with E-state index in [4.69, 9.17) is 0 Å². The summed E-state index contributed by atoms with van der Waals surface area (Å²) in [7, 11) is 0. The van der Waals surface area contributed by atoms with E-state index in [9.17, 15) is 0 Å². The van der Waals surface area contributed by atoms with Crippen molar-refractivity contribution in [3.05, 3.63) is 17.5 Å². The van der Waals surface area contributed by atoms with Crippen LogP contribution in [-0.4, -0.2) is 5.25 Å². The zero-order chi connectivity index (χ0) is 8.23. The van der Waals surface area contributed by atoms with E-state index in [0.717, 1.165) is 5.25 Å². The standard InChI is InChI=1S/C10H14S2/c1-2-5-9(6-3-1)12-10-7-4-8-11-10/h4,7-9H,1-3,5-6H2. The van der Waals surface area contributed by atoms with Gasteiger partial charge in [0.25, 0.3) is 0 Å². The van der Waals surface area contributed by atoms with Crippen molar-refractivity contribution in [3.8, 4) is 0 Å². The van der Waals surface area contributed by atoms with Gasteiger partial charge in [-0.15, -0.1) is 23.1 Å². The maximum Gasteiger partial charge on any atom is 0.0601 e. The Bertz CT molecular complexity index is 210. The minimum absolute atomic E-state index is 0.914. The number of rotatable bonds is 2. The van der Waals surface area contributed by atoms with Crippen LogP contribution in [0.3, 0.4) is 0 Å². The smallest absolute Gasteiger partial charge is 0.0601 e. The number of thiophene rings is 1. The summed E-state index contributed by atoms with van der Waals surface area (Å²) in [6.45, 7) is 0. The third-order valence-corrected chi connectivity index (χ3v) is 4.74. The van der Waals surface area contributed by atoms with Crippen molar-refractivity contribution in [2.45, 2.75) is 41.6 Å². The second-order valence-corrected chi connectivity index (χ2v) is 5.86. The van der Waals surface area contributed by atoms with Crippen molar-refractivity contribution in [3.63, 3.8) is 0 Å². The molecule has 66 valence electrons. The molecular formula is C10H14S2. The molecule has 1 aromatic rings. The highest BCUT2D eigenvalue weighted by Gasteiger charge is 2.14. The first-order chi connectivity index (χ1) is 5.95. The largest absolute Gasteiger partial charge is 0.137 e. The average Bonchev–Trinajstić information content (AvgIpc) is 2.59. The van der Waals surface area contributed by atoms with Gasteiger partial charge in [0.15, 0.2) is 0 Å². The maximum absolute atomic E-state index is 2.24. The molecule has 0 saturated heterocycles. The molecule has 0 spiro atoms. The molecule has 2 heteroatoms. The van der Waals surface area contributed by atoms with Crippen LogP contribution >= 0.6 is 23.1 Å². The molecule has 0 bridgehead atoms. The molecule has 0 aromatic carbocycles. The van der Waals surface area contributed by atoms with E-state index in [1.807, 2.05) is 11.3 Å². The Kier molecular flexibility index (Phi) is 3.12. The van der Waals surface area contributed by atoms with Gasteiger partial charge in [-0.05, 0) is 24.3 Å². The number of hydrogen-bond acceptors (Lipinski definition) is 2. The molecule has 0 unspecified atom stereocenters. The van der Waals surface area contributed by atoms with Gasteiger partial charge in [-0.3, -0.25) is 0 Å². The van der Waals surface area contributed by atoms with Crippen molar-refractivity contribution in [1.82, 2.24) is 0 Å². The van der Waals surface area contributed by atoms with Crippen LogP contribution in [0.1, 0.15) is 32.1 Å². The lowest BCUT2D eigenvalue weighted by atomic mass is 10.0. The summed E-state index contributed by atoms with van der Waals surface area (Å²) in [6, 6.07) is 4.39. The lowest BCUT2D eigenvalue weighted by Gasteiger charge is -2.19. The van der Waals surface area contributed by atoms with Gasteiger partial charge < -0.3 is 0 Å². The molecule has 1 aliphatic rings. The second-order valence-electron chi connectivity index (χ2n) is 3.31. The van der Waals surface area contributed by atoms with Gasteiger partial charge in [0.2, 0.25) is 0 Å². The summed E-state index contributed by atoms with van der Waals surface area (Å²) in [4.78, 5) is 0. The fourth-order valence-electron chi connectivity index (χ4n) is 1.68. The van der Waals surface area contributed by atoms with Gasteiger partial charge in [0.1, 0.15) is 0 Å². The summed E-state index contributed by atoms with van der Waals surface area (Å²) >= 11 is 3.97. The van der Waals surface area contributed by atoms with Crippen LogP contribution in [0, 0.1) is 0 Å². The number of thioether (sulfide) groups is 1. The van der Waals surface area contributed by atoms with Crippen LogP contribution in [0.2, 0.25) is 0 Å². The SMILES string of the molecule is c1csc(SC2CCCCC2)c1. The fourth-order valence-corrected chi connectivity index (χ4v) is 3.98. The highest BCUT2D eigenvalue weighted by Crippen LogP contribution is 2.35. The molecule has 1 aliphatic carbocycles. The van der Waals surface area contributed by atoms with Crippen LogP contribution in [0.5, 0.6) is 0 Å². The molecular weight excluding hydrogens is 184 g/mol. The van der Waals surface area contributed by atoms with Gasteiger partial charge in [0, 0.05) is 5.25 Å². The van der Waals surface area contributed by atoms with Gasteiger partial charge in [-0.2, -0.15) is 0 Å². The predicted molar refractivity (Wildman–Crippen MR) is 57.0 cm³/mol. The summed E-state index contributed by atoms with van der Waals surface area (Å²) in [5.74, 6) is 0. The second kappa shape index (κ2) is 4.33. The minimum Gasteiger partial charge on any atom is -0.137 e. The Hall–Kier alpha value is 0.0500. The molecule has 1 fully saturated rings. The topological polar surface area (TPSA) is 0 Å². The Morgan fingerprint density at radius 2 is 2.08 bits per heavy atom. The van der Waals surface area contributed by atoms with Crippen LogP contribution in [-0.2, 0) is 0 Å². The summed E-state index contributed by atoms with van der Waals surface area (Å²) in [5.41, 5.74) is 0. The van der Waals surface area contributed by atoms with Gasteiger partial charge >= 0.3 is 0 Å². The molecule has 2 rings (SSSR count). The Morgan fingerprint density at radius 3 is 2.75 bits per heavy atom. The number of hydrogen-bond donors (Lipinski definition) is 0. The van der Waals surface area contributed by atoms with Crippen molar-refractivity contribution < 1.29 is 0 Å². The Labute approximate surface area is 82.4 Å². The maximum atomic E-state index is 2.24. The van der Waals surface area contributed by atoms with Crippen molar-refractivity contribution in [2.24, 2.45) is 0 Å². The molecule has 0 N–H and O–H groups in total. The van der Waals surface area contributed by atoms with Crippen molar-refractivity contribution in [1.29, 1.82) is 0 Å². The van der Waals surface area contributed by atoms with Crippen molar-refractivity contribution in [2.75, 3.05) is 0 Å². The normalized spacial score (nSPS) is 19.7. The van der Waals surface area contributed by atoms with E-state index < -0.39 is 0 Å². The summed E-state index contributed by atoms with van der Waals surface area (Å²) in [5, 5.41) is 3.09. The Balaban J connectivity index is 1.86. The van der Waals surface area contributed by atoms with Crippen molar-refractivity contribution >= 4 is 23.1 Å². The van der Waals surface area contributed by atoms with Gasteiger partial charge in [-0.1, -0.05) is 25.3 Å². The van der Waals surface area contributed by atoms with Crippen LogP contribution < -0.4 is 0 Å². The third kappa shape index (κ3) is 2.27. The van der Waals surface area contributed by atoms with E-state index in [1.165, 1.54) is 36.3 Å². The lowest BCUT2D eigenvalue weighted by molar-refractivity contribution is 0.516. The van der Waals surface area contributed by atoms with E-state index in [1.54, 1.807) is 0 Å². The molecule has 12 heavy (non-hydrogen) atoms. The molecule has 0 nitrogen and oxygen atoms in total. The monoisotopic (exact) mass is 198 g/mol. The van der Waals surface area contributed by atoms with Crippen LogP contribution in [0.25, 0.3) is 0 Å². The molecule has 1 saturated carbocycles. The molecule has 1 heterocycles. The van der Waals surface area contributed by atoms with Gasteiger partial charge in [0.05, 0.1) is 4.21 Å². The van der Waals surface area contributed by atoms with Gasteiger partial charge in [-0.25, -0.2) is 0 Å². The predicted octanol–water partition coefficient (Wildman–Crippen LogP) is 4.17. The first-order valence-corrected chi connectivity index (χ1v) is 6.41. The highest BCUT2D eigenvalue weighted by atomic mass is 32.2. The minimum atomic E-state index is 0.914. The van der Waals surface area contributed by atoms with E-state index >= 15 is 0 Å². The van der Waals surface area contributed by atoms with E-state index in [-0.39, 0.29) is 0 Å². The highest BCUT2D eigenvalue weighted by molar-refractivity contribution is 8.01. The molecule has 0 amide bonds. The third-order valence-electron chi connectivity index (χ3n) is 2.33. The van der Waals surface area contributed by atoms with E-state index in [2.05, 4.69) is 29.3 Å². The van der Waals surface area contributed by atoms with Crippen LogP contribution in [0.15, 0.2) is 21.7 Å².